The maximum atomic E-state index is 9.20. The lowest BCUT2D eigenvalue weighted by molar-refractivity contribution is 0.916. The van der Waals surface area contributed by atoms with Crippen LogP contribution < -0.4 is 4.90 Å². The van der Waals surface area contributed by atoms with E-state index < -0.39 is 0 Å². The van der Waals surface area contributed by atoms with Gasteiger partial charge in [-0.15, -0.1) is 0 Å². The minimum absolute atomic E-state index is 0.485. The Morgan fingerprint density at radius 1 is 1.21 bits per heavy atom. The summed E-state index contributed by atoms with van der Waals surface area (Å²) in [6.07, 6.45) is 0. The lowest BCUT2D eigenvalue weighted by atomic mass is 10.1. The van der Waals surface area contributed by atoms with Gasteiger partial charge in [0.15, 0.2) is 0 Å². The Morgan fingerprint density at radius 3 is 2.63 bits per heavy atom. The van der Waals surface area contributed by atoms with Crippen LogP contribution in [0.25, 0.3) is 0 Å². The molecule has 96 valence electrons. The Hall–Kier alpha value is -1.50. The second-order valence-corrected chi connectivity index (χ2v) is 5.45. The third-order valence-corrected chi connectivity index (χ3v) is 3.97. The lowest BCUT2D eigenvalue weighted by Crippen LogP contribution is -2.17. The highest BCUT2D eigenvalue weighted by molar-refractivity contribution is 9.10. The summed E-state index contributed by atoms with van der Waals surface area (Å²) in [5.41, 5.74) is 2.51. The molecule has 0 aromatic heterocycles. The van der Waals surface area contributed by atoms with E-state index in [1.165, 1.54) is 0 Å². The standard InChI is InChI=1S/C15H12BrClN2/c1-19(10-11-5-2-3-6-13(11)16)15-8-4-7-14(17)12(15)9-18/h2-8H,10H2,1H3. The normalized spacial score (nSPS) is 10.0. The van der Waals surface area contributed by atoms with E-state index in [4.69, 9.17) is 11.6 Å². The molecule has 0 saturated carbocycles. The third-order valence-electron chi connectivity index (χ3n) is 2.88. The SMILES string of the molecule is CN(Cc1ccccc1Br)c1cccc(Cl)c1C#N. The van der Waals surface area contributed by atoms with Crippen molar-refractivity contribution in [2.75, 3.05) is 11.9 Å². The molecule has 2 rings (SSSR count). The summed E-state index contributed by atoms with van der Waals surface area (Å²) in [6.45, 7) is 0.705. The molecule has 19 heavy (non-hydrogen) atoms. The molecular weight excluding hydrogens is 324 g/mol. The zero-order chi connectivity index (χ0) is 13.8. The van der Waals surface area contributed by atoms with Gasteiger partial charge in [-0.2, -0.15) is 5.26 Å². The van der Waals surface area contributed by atoms with E-state index in [-0.39, 0.29) is 0 Å². The van der Waals surface area contributed by atoms with Crippen LogP contribution in [0.5, 0.6) is 0 Å². The van der Waals surface area contributed by atoms with Crippen molar-refractivity contribution in [3.05, 3.63) is 63.1 Å². The maximum Gasteiger partial charge on any atom is 0.103 e. The highest BCUT2D eigenvalue weighted by atomic mass is 79.9. The van der Waals surface area contributed by atoms with Gasteiger partial charge in [0.1, 0.15) is 6.07 Å². The summed E-state index contributed by atoms with van der Waals surface area (Å²) in [5.74, 6) is 0. The first-order valence-corrected chi connectivity index (χ1v) is 6.93. The molecule has 0 fully saturated rings. The lowest BCUT2D eigenvalue weighted by Gasteiger charge is -2.21. The van der Waals surface area contributed by atoms with E-state index in [0.717, 1.165) is 15.7 Å². The fourth-order valence-corrected chi connectivity index (χ4v) is 2.53. The molecule has 0 aliphatic carbocycles. The third kappa shape index (κ3) is 3.09. The zero-order valence-electron chi connectivity index (χ0n) is 10.4. The monoisotopic (exact) mass is 334 g/mol. The fraction of sp³-hybridized carbons (Fsp3) is 0.133. The van der Waals surface area contributed by atoms with Gasteiger partial charge in [-0.3, -0.25) is 0 Å². The predicted molar refractivity (Wildman–Crippen MR) is 82.4 cm³/mol. The van der Waals surface area contributed by atoms with Crippen molar-refractivity contribution >= 4 is 33.2 Å². The van der Waals surface area contributed by atoms with Crippen molar-refractivity contribution in [3.8, 4) is 6.07 Å². The fourth-order valence-electron chi connectivity index (χ4n) is 1.91. The summed E-state index contributed by atoms with van der Waals surface area (Å²) in [6, 6.07) is 15.7. The van der Waals surface area contributed by atoms with Gasteiger partial charge in [-0.1, -0.05) is 51.8 Å². The second kappa shape index (κ2) is 6.10. The topological polar surface area (TPSA) is 27.0 Å². The smallest absolute Gasteiger partial charge is 0.103 e. The van der Waals surface area contributed by atoms with Crippen LogP contribution >= 0.6 is 27.5 Å². The van der Waals surface area contributed by atoms with Gasteiger partial charge in [0, 0.05) is 18.1 Å². The van der Waals surface area contributed by atoms with Crippen molar-refractivity contribution in [2.45, 2.75) is 6.54 Å². The first-order chi connectivity index (χ1) is 9.13. The van der Waals surface area contributed by atoms with Crippen LogP contribution in [0.4, 0.5) is 5.69 Å². The number of hydrogen-bond donors (Lipinski definition) is 0. The molecule has 0 unspecified atom stereocenters. The zero-order valence-corrected chi connectivity index (χ0v) is 12.7. The van der Waals surface area contributed by atoms with Crippen LogP contribution in [0.3, 0.4) is 0 Å². The molecular formula is C15H12BrClN2. The molecule has 2 nitrogen and oxygen atoms in total. The molecule has 0 heterocycles. The van der Waals surface area contributed by atoms with E-state index >= 15 is 0 Å². The first-order valence-electron chi connectivity index (χ1n) is 5.76. The molecule has 0 amide bonds. The molecule has 0 bridgehead atoms. The Kier molecular flexibility index (Phi) is 4.47. The second-order valence-electron chi connectivity index (χ2n) is 4.19. The minimum atomic E-state index is 0.485. The Labute approximate surface area is 126 Å². The van der Waals surface area contributed by atoms with Crippen molar-refractivity contribution < 1.29 is 0 Å². The molecule has 2 aromatic carbocycles. The summed E-state index contributed by atoms with van der Waals surface area (Å²) in [7, 11) is 1.95. The highest BCUT2D eigenvalue weighted by Crippen LogP contribution is 2.28. The van der Waals surface area contributed by atoms with Gasteiger partial charge in [0.25, 0.3) is 0 Å². The van der Waals surface area contributed by atoms with Crippen LogP contribution in [0, 0.1) is 11.3 Å². The summed E-state index contributed by atoms with van der Waals surface area (Å²) < 4.78 is 1.06. The van der Waals surface area contributed by atoms with E-state index in [2.05, 4.69) is 28.1 Å². The molecule has 0 aliphatic rings. The summed E-state index contributed by atoms with van der Waals surface area (Å²) in [5, 5.41) is 9.68. The summed E-state index contributed by atoms with van der Waals surface area (Å²) in [4.78, 5) is 2.02. The Bertz CT molecular complexity index is 634. The van der Waals surface area contributed by atoms with E-state index in [9.17, 15) is 5.26 Å². The Morgan fingerprint density at radius 2 is 1.95 bits per heavy atom. The van der Waals surface area contributed by atoms with Gasteiger partial charge in [0.05, 0.1) is 16.3 Å². The molecule has 0 atom stereocenters. The van der Waals surface area contributed by atoms with Crippen molar-refractivity contribution in [3.63, 3.8) is 0 Å². The average molecular weight is 336 g/mol. The largest absolute Gasteiger partial charge is 0.369 e. The number of hydrogen-bond acceptors (Lipinski definition) is 2. The Balaban J connectivity index is 2.31. The quantitative estimate of drug-likeness (QED) is 0.819. The number of halogens is 2. The van der Waals surface area contributed by atoms with E-state index in [1.807, 2.05) is 42.3 Å². The number of benzene rings is 2. The van der Waals surface area contributed by atoms with Gasteiger partial charge < -0.3 is 4.90 Å². The van der Waals surface area contributed by atoms with Crippen LogP contribution in [0.1, 0.15) is 11.1 Å². The maximum absolute atomic E-state index is 9.20. The van der Waals surface area contributed by atoms with E-state index in [0.29, 0.717) is 17.1 Å². The molecule has 0 aliphatic heterocycles. The number of nitrogens with zero attached hydrogens (tertiary/aromatic N) is 2. The van der Waals surface area contributed by atoms with Gasteiger partial charge in [-0.25, -0.2) is 0 Å². The highest BCUT2D eigenvalue weighted by Gasteiger charge is 2.11. The molecule has 4 heteroatoms. The summed E-state index contributed by atoms with van der Waals surface area (Å²) >= 11 is 9.58. The van der Waals surface area contributed by atoms with Crippen LogP contribution in [0.15, 0.2) is 46.9 Å². The van der Waals surface area contributed by atoms with Gasteiger partial charge >= 0.3 is 0 Å². The molecule has 0 N–H and O–H groups in total. The molecule has 0 radical (unpaired) electrons. The number of rotatable bonds is 3. The molecule has 0 saturated heterocycles. The van der Waals surface area contributed by atoms with Crippen LogP contribution in [-0.4, -0.2) is 7.05 Å². The average Bonchev–Trinajstić information content (AvgIpc) is 2.41. The van der Waals surface area contributed by atoms with Crippen LogP contribution in [-0.2, 0) is 6.54 Å². The van der Waals surface area contributed by atoms with E-state index in [1.54, 1.807) is 6.07 Å². The van der Waals surface area contributed by atoms with Crippen LogP contribution in [0.2, 0.25) is 5.02 Å². The number of anilines is 1. The minimum Gasteiger partial charge on any atom is -0.369 e. The predicted octanol–water partition coefficient (Wildman–Crippen LogP) is 4.61. The van der Waals surface area contributed by atoms with Crippen molar-refractivity contribution in [1.82, 2.24) is 0 Å². The van der Waals surface area contributed by atoms with Crippen molar-refractivity contribution in [1.29, 1.82) is 5.26 Å². The van der Waals surface area contributed by atoms with Gasteiger partial charge in [0.2, 0.25) is 0 Å². The first kappa shape index (κ1) is 13.9. The van der Waals surface area contributed by atoms with Crippen molar-refractivity contribution in [2.24, 2.45) is 0 Å². The van der Waals surface area contributed by atoms with Gasteiger partial charge in [-0.05, 0) is 23.8 Å². The molecule has 2 aromatic rings. The molecule has 0 spiro atoms. The number of nitriles is 1.